The van der Waals surface area contributed by atoms with E-state index in [9.17, 15) is 13.6 Å². The Bertz CT molecular complexity index is 333. The average Bonchev–Trinajstić information content (AvgIpc) is 2.18. The van der Waals surface area contributed by atoms with Crippen LogP contribution in [0, 0.1) is 0 Å². The van der Waals surface area contributed by atoms with Gasteiger partial charge in [0.25, 0.3) is 0 Å². The lowest BCUT2D eigenvalue weighted by Crippen LogP contribution is -2.21. The van der Waals surface area contributed by atoms with Crippen molar-refractivity contribution in [2.24, 2.45) is 0 Å². The van der Waals surface area contributed by atoms with E-state index in [1.807, 2.05) is 0 Å². The number of hydrogen-bond donors (Lipinski definition) is 0. The van der Waals surface area contributed by atoms with Crippen LogP contribution in [-0.2, 0) is 15.6 Å². The third kappa shape index (κ3) is 2.39. The van der Waals surface area contributed by atoms with Crippen molar-refractivity contribution >= 4 is 5.97 Å². The van der Waals surface area contributed by atoms with Crippen molar-refractivity contribution in [1.29, 1.82) is 0 Å². The van der Waals surface area contributed by atoms with Crippen LogP contribution in [0.25, 0.3) is 0 Å². The Labute approximate surface area is 79.8 Å². The SMILES string of the molecule is C=CC(=O)OC(F)(F)c1ccccc1. The maximum absolute atomic E-state index is 13.1. The number of alkyl halides is 2. The maximum Gasteiger partial charge on any atom is 0.428 e. The predicted molar refractivity (Wildman–Crippen MR) is 46.6 cm³/mol. The highest BCUT2D eigenvalue weighted by Gasteiger charge is 2.35. The quantitative estimate of drug-likeness (QED) is 0.550. The van der Waals surface area contributed by atoms with Gasteiger partial charge in [-0.25, -0.2) is 4.79 Å². The first-order chi connectivity index (χ1) is 6.56. The van der Waals surface area contributed by atoms with Crippen LogP contribution in [0.1, 0.15) is 5.56 Å². The summed E-state index contributed by atoms with van der Waals surface area (Å²) in [6.45, 7) is 3.03. The van der Waals surface area contributed by atoms with Gasteiger partial charge in [-0.2, -0.15) is 8.78 Å². The highest BCUT2D eigenvalue weighted by molar-refractivity contribution is 5.81. The van der Waals surface area contributed by atoms with Gasteiger partial charge in [0.2, 0.25) is 0 Å². The van der Waals surface area contributed by atoms with E-state index < -0.39 is 12.1 Å². The molecule has 0 spiro atoms. The molecule has 14 heavy (non-hydrogen) atoms. The standard InChI is InChI=1S/C10H8F2O2/c1-2-9(13)14-10(11,12)8-6-4-3-5-7-8/h2-7H,1H2. The number of ether oxygens (including phenoxy) is 1. The van der Waals surface area contributed by atoms with Crippen molar-refractivity contribution < 1.29 is 18.3 Å². The molecule has 0 N–H and O–H groups in total. The van der Waals surface area contributed by atoms with Crippen LogP contribution in [0.2, 0.25) is 0 Å². The summed E-state index contributed by atoms with van der Waals surface area (Å²) in [5, 5.41) is 0. The van der Waals surface area contributed by atoms with Gasteiger partial charge in [-0.15, -0.1) is 0 Å². The molecule has 1 aromatic carbocycles. The first-order valence-corrected chi connectivity index (χ1v) is 3.85. The minimum absolute atomic E-state index is 0.366. The molecule has 1 rings (SSSR count). The number of carbonyl (C=O) groups is 1. The third-order valence-electron chi connectivity index (χ3n) is 1.51. The van der Waals surface area contributed by atoms with Crippen molar-refractivity contribution in [1.82, 2.24) is 0 Å². The van der Waals surface area contributed by atoms with Crippen molar-refractivity contribution in [3.63, 3.8) is 0 Å². The highest BCUT2D eigenvalue weighted by atomic mass is 19.3. The largest absolute Gasteiger partial charge is 0.428 e. The smallest absolute Gasteiger partial charge is 0.394 e. The monoisotopic (exact) mass is 198 g/mol. The summed E-state index contributed by atoms with van der Waals surface area (Å²) in [4.78, 5) is 10.6. The lowest BCUT2D eigenvalue weighted by molar-refractivity contribution is -0.235. The summed E-state index contributed by atoms with van der Waals surface area (Å²) < 4.78 is 30.1. The molecule has 0 saturated heterocycles. The fourth-order valence-electron chi connectivity index (χ4n) is 0.859. The van der Waals surface area contributed by atoms with E-state index in [0.29, 0.717) is 6.08 Å². The number of esters is 1. The number of rotatable bonds is 3. The second-order valence-electron chi connectivity index (χ2n) is 2.51. The molecule has 0 aromatic heterocycles. The van der Waals surface area contributed by atoms with Gasteiger partial charge in [0, 0.05) is 6.08 Å². The Morgan fingerprint density at radius 2 is 1.93 bits per heavy atom. The van der Waals surface area contributed by atoms with Crippen LogP contribution < -0.4 is 0 Å². The van der Waals surface area contributed by atoms with Gasteiger partial charge in [0.05, 0.1) is 5.56 Å². The third-order valence-corrected chi connectivity index (χ3v) is 1.51. The molecule has 1 aromatic rings. The van der Waals surface area contributed by atoms with Gasteiger partial charge in [0.1, 0.15) is 0 Å². The molecule has 0 aliphatic rings. The van der Waals surface area contributed by atoms with Crippen molar-refractivity contribution in [3.05, 3.63) is 48.6 Å². The Balaban J connectivity index is 2.85. The molecule has 0 aliphatic heterocycles. The van der Waals surface area contributed by atoms with E-state index in [0.717, 1.165) is 0 Å². The fourth-order valence-corrected chi connectivity index (χ4v) is 0.859. The Kier molecular flexibility index (Phi) is 2.96. The molecule has 0 heterocycles. The van der Waals surface area contributed by atoms with Crippen LogP contribution in [-0.4, -0.2) is 5.97 Å². The van der Waals surface area contributed by atoms with E-state index in [4.69, 9.17) is 0 Å². The van der Waals surface area contributed by atoms with E-state index in [2.05, 4.69) is 11.3 Å². The Morgan fingerprint density at radius 1 is 1.36 bits per heavy atom. The maximum atomic E-state index is 13.1. The minimum atomic E-state index is -3.60. The van der Waals surface area contributed by atoms with Crippen LogP contribution in [0.15, 0.2) is 43.0 Å². The number of hydrogen-bond acceptors (Lipinski definition) is 2. The molecular formula is C10H8F2O2. The van der Waals surface area contributed by atoms with Crippen LogP contribution in [0.3, 0.4) is 0 Å². The van der Waals surface area contributed by atoms with Gasteiger partial charge >= 0.3 is 12.1 Å². The lowest BCUT2D eigenvalue weighted by Gasteiger charge is -2.15. The minimum Gasteiger partial charge on any atom is -0.394 e. The van der Waals surface area contributed by atoms with E-state index in [1.165, 1.54) is 24.3 Å². The zero-order valence-corrected chi connectivity index (χ0v) is 7.24. The zero-order valence-electron chi connectivity index (χ0n) is 7.24. The Morgan fingerprint density at radius 3 is 2.43 bits per heavy atom. The van der Waals surface area contributed by atoms with Crippen molar-refractivity contribution in [2.45, 2.75) is 6.11 Å². The molecule has 0 radical (unpaired) electrons. The number of carbonyl (C=O) groups excluding carboxylic acids is 1. The fraction of sp³-hybridized carbons (Fsp3) is 0.100. The second-order valence-corrected chi connectivity index (χ2v) is 2.51. The summed E-state index contributed by atoms with van der Waals surface area (Å²) >= 11 is 0. The van der Waals surface area contributed by atoms with E-state index >= 15 is 0 Å². The van der Waals surface area contributed by atoms with Crippen LogP contribution >= 0.6 is 0 Å². The van der Waals surface area contributed by atoms with E-state index in [-0.39, 0.29) is 5.56 Å². The van der Waals surface area contributed by atoms with Crippen molar-refractivity contribution in [3.8, 4) is 0 Å². The normalized spacial score (nSPS) is 10.7. The molecule has 74 valence electrons. The molecule has 0 unspecified atom stereocenters. The second kappa shape index (κ2) is 4.00. The van der Waals surface area contributed by atoms with Crippen LogP contribution in [0.4, 0.5) is 8.78 Å². The topological polar surface area (TPSA) is 26.3 Å². The summed E-state index contributed by atoms with van der Waals surface area (Å²) in [7, 11) is 0. The first-order valence-electron chi connectivity index (χ1n) is 3.85. The summed E-state index contributed by atoms with van der Waals surface area (Å²) in [6.07, 6.45) is -2.91. The van der Waals surface area contributed by atoms with Gasteiger partial charge in [0.15, 0.2) is 0 Å². The average molecular weight is 198 g/mol. The van der Waals surface area contributed by atoms with Crippen LogP contribution in [0.5, 0.6) is 0 Å². The van der Waals surface area contributed by atoms with E-state index in [1.54, 1.807) is 6.07 Å². The summed E-state index contributed by atoms with van der Waals surface area (Å²) in [5.41, 5.74) is -0.366. The molecule has 0 saturated carbocycles. The Hall–Kier alpha value is -1.71. The highest BCUT2D eigenvalue weighted by Crippen LogP contribution is 2.28. The molecule has 0 bridgehead atoms. The number of benzene rings is 1. The van der Waals surface area contributed by atoms with Gasteiger partial charge in [-0.1, -0.05) is 24.8 Å². The molecule has 4 heteroatoms. The molecule has 0 fully saturated rings. The first kappa shape index (κ1) is 10.4. The number of halogens is 2. The molecule has 0 atom stereocenters. The van der Waals surface area contributed by atoms with Gasteiger partial charge in [-0.05, 0) is 12.1 Å². The molecule has 0 amide bonds. The lowest BCUT2D eigenvalue weighted by atomic mass is 10.2. The summed E-state index contributed by atoms with van der Waals surface area (Å²) in [6, 6.07) is 6.82. The molecule has 0 aliphatic carbocycles. The van der Waals surface area contributed by atoms with Gasteiger partial charge in [-0.3, -0.25) is 0 Å². The van der Waals surface area contributed by atoms with Crippen molar-refractivity contribution in [2.75, 3.05) is 0 Å². The molecule has 2 nitrogen and oxygen atoms in total. The predicted octanol–water partition coefficient (Wildman–Crippen LogP) is 2.47. The summed E-state index contributed by atoms with van der Waals surface area (Å²) in [5.74, 6) is -1.15. The molecular weight excluding hydrogens is 190 g/mol. The van der Waals surface area contributed by atoms with Gasteiger partial charge < -0.3 is 4.74 Å². The zero-order chi connectivity index (χ0) is 10.6.